The van der Waals surface area contributed by atoms with Crippen molar-refractivity contribution in [2.75, 3.05) is 27.7 Å². The van der Waals surface area contributed by atoms with E-state index in [1.54, 1.807) is 12.1 Å². The minimum absolute atomic E-state index is 0.174. The number of nitrogens with zero attached hydrogens (tertiary/aromatic N) is 6. The smallest absolute Gasteiger partial charge is 0.323 e. The second-order valence-electron chi connectivity index (χ2n) is 6.85. The Hall–Kier alpha value is -1.77. The molecule has 1 saturated carbocycles. The average Bonchev–Trinajstić information content (AvgIpc) is 3.36. The SMILES string of the molecule is CO/N=C(\CN(C1CC1)S(=O)(=O)c1ncn(S(=O)(=O)N(C)C)n1)c1cc(Cl)cc(Cl)c1. The van der Waals surface area contributed by atoms with Crippen LogP contribution < -0.4 is 0 Å². The molecule has 31 heavy (non-hydrogen) atoms. The maximum Gasteiger partial charge on any atom is 0.323 e. The van der Waals surface area contributed by atoms with E-state index in [1.807, 2.05) is 0 Å². The lowest BCUT2D eigenvalue weighted by atomic mass is 10.1. The second-order valence-corrected chi connectivity index (χ2v) is 11.5. The summed E-state index contributed by atoms with van der Waals surface area (Å²) in [7, 11) is -4.33. The summed E-state index contributed by atoms with van der Waals surface area (Å²) in [6.07, 6.45) is 2.10. The van der Waals surface area contributed by atoms with Crippen molar-refractivity contribution in [2.24, 2.45) is 5.16 Å². The second kappa shape index (κ2) is 9.00. The van der Waals surface area contributed by atoms with Gasteiger partial charge in [0.05, 0.1) is 6.54 Å². The Morgan fingerprint density at radius 1 is 1.19 bits per heavy atom. The summed E-state index contributed by atoms with van der Waals surface area (Å²) < 4.78 is 53.5. The van der Waals surface area contributed by atoms with E-state index >= 15 is 0 Å². The highest BCUT2D eigenvalue weighted by atomic mass is 35.5. The molecule has 0 N–H and O–H groups in total. The molecule has 1 heterocycles. The number of halogens is 2. The van der Waals surface area contributed by atoms with Crippen molar-refractivity contribution in [3.05, 3.63) is 40.1 Å². The minimum Gasteiger partial charge on any atom is -0.399 e. The van der Waals surface area contributed by atoms with Crippen LogP contribution in [0, 0.1) is 0 Å². The largest absolute Gasteiger partial charge is 0.399 e. The van der Waals surface area contributed by atoms with E-state index in [1.165, 1.54) is 31.6 Å². The van der Waals surface area contributed by atoms with Crippen LogP contribution in [0.4, 0.5) is 0 Å². The highest BCUT2D eigenvalue weighted by molar-refractivity contribution is 7.89. The van der Waals surface area contributed by atoms with E-state index in [-0.39, 0.29) is 18.3 Å². The van der Waals surface area contributed by atoms with E-state index in [0.29, 0.717) is 32.5 Å². The van der Waals surface area contributed by atoms with Gasteiger partial charge in [0.1, 0.15) is 19.1 Å². The van der Waals surface area contributed by atoms with E-state index in [2.05, 4.69) is 15.2 Å². The molecule has 0 saturated heterocycles. The molecular weight excluding hydrogens is 491 g/mol. The highest BCUT2D eigenvalue weighted by Crippen LogP contribution is 2.32. The number of hydrogen-bond acceptors (Lipinski definition) is 8. The third-order valence-electron chi connectivity index (χ3n) is 4.35. The predicted molar refractivity (Wildman–Crippen MR) is 115 cm³/mol. The third-order valence-corrected chi connectivity index (χ3v) is 8.05. The molecule has 0 radical (unpaired) electrons. The van der Waals surface area contributed by atoms with Crippen LogP contribution >= 0.6 is 23.2 Å². The molecule has 2 aromatic rings. The summed E-state index contributed by atoms with van der Waals surface area (Å²) in [4.78, 5) is 8.62. The monoisotopic (exact) mass is 510 g/mol. The van der Waals surface area contributed by atoms with Gasteiger partial charge in [-0.25, -0.2) is 13.4 Å². The van der Waals surface area contributed by atoms with Crippen LogP contribution in [0.25, 0.3) is 0 Å². The van der Waals surface area contributed by atoms with Crippen LogP contribution in [0.3, 0.4) is 0 Å². The van der Waals surface area contributed by atoms with Crippen LogP contribution in [0.5, 0.6) is 0 Å². The number of hydrogen-bond donors (Lipinski definition) is 0. The van der Waals surface area contributed by atoms with Gasteiger partial charge in [-0.1, -0.05) is 28.4 Å². The van der Waals surface area contributed by atoms with Gasteiger partial charge in [-0.15, -0.1) is 9.19 Å². The molecule has 15 heteroatoms. The zero-order valence-electron chi connectivity index (χ0n) is 16.8. The molecule has 1 aromatic carbocycles. The van der Waals surface area contributed by atoms with Gasteiger partial charge >= 0.3 is 10.2 Å². The lowest BCUT2D eigenvalue weighted by molar-refractivity contribution is 0.212. The van der Waals surface area contributed by atoms with E-state index in [4.69, 9.17) is 28.0 Å². The summed E-state index contributed by atoms with van der Waals surface area (Å²) in [5.74, 6) is 0. The molecule has 1 aliphatic rings. The molecule has 0 unspecified atom stereocenters. The van der Waals surface area contributed by atoms with Crippen molar-refractivity contribution in [1.82, 2.24) is 22.8 Å². The van der Waals surface area contributed by atoms with Gasteiger partial charge in [0.2, 0.25) is 0 Å². The summed E-state index contributed by atoms with van der Waals surface area (Å²) in [5.41, 5.74) is 0.747. The molecule has 11 nitrogen and oxygen atoms in total. The van der Waals surface area contributed by atoms with Crippen molar-refractivity contribution >= 4 is 49.1 Å². The Morgan fingerprint density at radius 2 is 1.81 bits per heavy atom. The molecule has 0 amide bonds. The summed E-state index contributed by atoms with van der Waals surface area (Å²) in [6, 6.07) is 4.40. The van der Waals surface area contributed by atoms with Crippen molar-refractivity contribution in [3.8, 4) is 0 Å². The zero-order chi connectivity index (χ0) is 23.0. The first-order chi connectivity index (χ1) is 14.5. The van der Waals surface area contributed by atoms with E-state index in [9.17, 15) is 16.8 Å². The molecular formula is C16H20Cl2N6O5S2. The summed E-state index contributed by atoms with van der Waals surface area (Å²) >= 11 is 12.1. The van der Waals surface area contributed by atoms with E-state index < -0.39 is 25.4 Å². The number of oxime groups is 1. The molecule has 0 spiro atoms. The molecule has 0 aliphatic heterocycles. The van der Waals surface area contributed by atoms with Crippen LogP contribution in [-0.4, -0.2) is 79.1 Å². The van der Waals surface area contributed by atoms with Gasteiger partial charge in [-0.3, -0.25) is 0 Å². The fourth-order valence-corrected chi connectivity index (χ4v) is 5.40. The van der Waals surface area contributed by atoms with Gasteiger partial charge in [0, 0.05) is 35.7 Å². The summed E-state index contributed by atoms with van der Waals surface area (Å²) in [5, 5.41) is 7.70. The Labute approximate surface area is 190 Å². The number of rotatable bonds is 9. The quantitative estimate of drug-likeness (QED) is 0.368. The lowest BCUT2D eigenvalue weighted by Crippen LogP contribution is -2.38. The molecule has 1 fully saturated rings. The van der Waals surface area contributed by atoms with E-state index in [0.717, 1.165) is 10.6 Å². The summed E-state index contributed by atoms with van der Waals surface area (Å²) in [6.45, 7) is -0.174. The fourth-order valence-electron chi connectivity index (χ4n) is 2.66. The number of benzene rings is 1. The molecule has 0 bridgehead atoms. The fraction of sp³-hybridized carbons (Fsp3) is 0.438. The number of sulfonamides is 1. The van der Waals surface area contributed by atoms with Crippen molar-refractivity contribution < 1.29 is 21.7 Å². The molecule has 1 aromatic heterocycles. The third kappa shape index (κ3) is 5.18. The standard InChI is InChI=1S/C16H20Cl2N6O5S2/c1-22(2)31(27,28)24-10-19-16(20-24)30(25,26)23(14-4-5-14)9-15(21-29-3)11-6-12(17)8-13(18)7-11/h6-8,10,14H,4-5,9H2,1-3H3/b21-15+. The molecule has 170 valence electrons. The first kappa shape index (κ1) is 23.9. The first-order valence-electron chi connectivity index (χ1n) is 8.90. The molecule has 1 aliphatic carbocycles. The minimum atomic E-state index is -4.24. The Kier molecular flexibility index (Phi) is 6.93. The lowest BCUT2D eigenvalue weighted by Gasteiger charge is -2.21. The zero-order valence-corrected chi connectivity index (χ0v) is 19.9. The van der Waals surface area contributed by atoms with Crippen LogP contribution in [0.15, 0.2) is 34.8 Å². The molecule has 0 atom stereocenters. The van der Waals surface area contributed by atoms with Gasteiger partial charge in [0.15, 0.2) is 0 Å². The van der Waals surface area contributed by atoms with Crippen LogP contribution in [0.1, 0.15) is 18.4 Å². The van der Waals surface area contributed by atoms with Crippen LogP contribution in [-0.2, 0) is 25.1 Å². The van der Waals surface area contributed by atoms with Crippen molar-refractivity contribution in [1.29, 1.82) is 0 Å². The maximum absolute atomic E-state index is 13.3. The predicted octanol–water partition coefficient (Wildman–Crippen LogP) is 1.44. The van der Waals surface area contributed by atoms with Crippen molar-refractivity contribution in [2.45, 2.75) is 24.0 Å². The Balaban J connectivity index is 1.98. The molecule has 3 rings (SSSR count). The van der Waals surface area contributed by atoms with Crippen LogP contribution in [0.2, 0.25) is 10.0 Å². The van der Waals surface area contributed by atoms with Gasteiger partial charge in [-0.05, 0) is 31.0 Å². The maximum atomic E-state index is 13.3. The Morgan fingerprint density at radius 3 is 2.32 bits per heavy atom. The number of aromatic nitrogens is 3. The first-order valence-corrected chi connectivity index (χ1v) is 12.5. The van der Waals surface area contributed by atoms with Gasteiger partial charge < -0.3 is 4.84 Å². The Bertz CT molecular complexity index is 1190. The highest BCUT2D eigenvalue weighted by Gasteiger charge is 2.41. The average molecular weight is 511 g/mol. The van der Waals surface area contributed by atoms with Gasteiger partial charge in [-0.2, -0.15) is 17.0 Å². The topological polar surface area (TPSA) is 127 Å². The normalized spacial score (nSPS) is 15.6. The van der Waals surface area contributed by atoms with Crippen molar-refractivity contribution in [3.63, 3.8) is 0 Å². The van der Waals surface area contributed by atoms with Gasteiger partial charge in [0.25, 0.3) is 15.2 Å².